The van der Waals surface area contributed by atoms with Crippen molar-refractivity contribution in [3.8, 4) is 12.3 Å². The third kappa shape index (κ3) is 12.9. The van der Waals surface area contributed by atoms with Crippen LogP contribution < -0.4 is 0 Å². The Morgan fingerprint density at radius 2 is 1.29 bits per heavy atom. The number of hydrogen-bond acceptors (Lipinski definition) is 1. The third-order valence-electron chi connectivity index (χ3n) is 4.54. The largest absolute Gasteiger partial charge is 0.378 e. The molecule has 3 atom stereocenters. The van der Waals surface area contributed by atoms with E-state index < -0.39 is 5.60 Å². The van der Waals surface area contributed by atoms with Crippen LogP contribution >= 0.6 is 0 Å². The molecule has 0 spiro atoms. The molecule has 0 bridgehead atoms. The van der Waals surface area contributed by atoms with Crippen LogP contribution in [0.15, 0.2) is 0 Å². The summed E-state index contributed by atoms with van der Waals surface area (Å²) < 4.78 is 0. The molecule has 0 amide bonds. The molecule has 1 N–H and O–H groups in total. The highest BCUT2D eigenvalue weighted by atomic mass is 16.3. The Bertz CT molecular complexity index is 285. The van der Waals surface area contributed by atoms with Gasteiger partial charge < -0.3 is 5.11 Å². The van der Waals surface area contributed by atoms with Crippen LogP contribution in [-0.2, 0) is 0 Å². The molecule has 1 heteroatoms. The first kappa shape index (κ1) is 20.5. The summed E-state index contributed by atoms with van der Waals surface area (Å²) >= 11 is 0. The summed E-state index contributed by atoms with van der Waals surface area (Å²) in [5.41, 5.74) is -0.912. The Kier molecular flexibility index (Phi) is 10.9. The number of aliphatic hydroxyl groups is 1. The summed E-state index contributed by atoms with van der Waals surface area (Å²) in [6.07, 6.45) is 16.4. The van der Waals surface area contributed by atoms with Gasteiger partial charge in [-0.1, -0.05) is 78.6 Å². The van der Waals surface area contributed by atoms with Crippen molar-refractivity contribution in [1.82, 2.24) is 0 Å². The standard InChI is InChI=1S/C20H38O/c1-7-20(6,21)16-10-15-19(5)14-9-13-18(4)12-8-11-17(2)3/h1,17-19,21H,8-16H2,2-6H3/t18?,19?,20-/m0/s1. The van der Waals surface area contributed by atoms with Gasteiger partial charge in [0.2, 0.25) is 0 Å². The Morgan fingerprint density at radius 1 is 0.857 bits per heavy atom. The lowest BCUT2D eigenvalue weighted by molar-refractivity contribution is 0.107. The zero-order chi connectivity index (χ0) is 16.3. The lowest BCUT2D eigenvalue weighted by Crippen LogP contribution is -2.20. The second-order valence-corrected chi connectivity index (χ2v) is 7.78. The molecule has 0 aromatic rings. The maximum atomic E-state index is 9.77. The first-order valence-corrected chi connectivity index (χ1v) is 8.97. The van der Waals surface area contributed by atoms with Gasteiger partial charge in [0.25, 0.3) is 0 Å². The molecular formula is C20H38O. The van der Waals surface area contributed by atoms with Gasteiger partial charge in [-0.05, 0) is 37.5 Å². The minimum atomic E-state index is -0.912. The molecule has 0 aliphatic heterocycles. The molecule has 1 nitrogen and oxygen atoms in total. The quantitative estimate of drug-likeness (QED) is 0.450. The van der Waals surface area contributed by atoms with Crippen LogP contribution in [0.4, 0.5) is 0 Å². The predicted octanol–water partition coefficient (Wildman–Crippen LogP) is 5.81. The Labute approximate surface area is 133 Å². The van der Waals surface area contributed by atoms with Gasteiger partial charge in [-0.15, -0.1) is 6.42 Å². The molecule has 0 saturated carbocycles. The van der Waals surface area contributed by atoms with E-state index in [1.807, 2.05) is 0 Å². The van der Waals surface area contributed by atoms with Crippen LogP contribution in [0.25, 0.3) is 0 Å². The molecule has 0 heterocycles. The van der Waals surface area contributed by atoms with Gasteiger partial charge in [0, 0.05) is 0 Å². The van der Waals surface area contributed by atoms with Crippen LogP contribution in [0.2, 0.25) is 0 Å². The van der Waals surface area contributed by atoms with Crippen molar-refractivity contribution in [3.05, 3.63) is 0 Å². The van der Waals surface area contributed by atoms with Crippen LogP contribution in [-0.4, -0.2) is 10.7 Å². The summed E-state index contributed by atoms with van der Waals surface area (Å²) in [6, 6.07) is 0. The fraction of sp³-hybridized carbons (Fsp3) is 0.900. The lowest BCUT2D eigenvalue weighted by Gasteiger charge is -2.18. The van der Waals surface area contributed by atoms with E-state index in [2.05, 4.69) is 33.6 Å². The summed E-state index contributed by atoms with van der Waals surface area (Å²) in [5, 5.41) is 9.77. The first-order valence-electron chi connectivity index (χ1n) is 8.97. The smallest absolute Gasteiger partial charge is 0.122 e. The minimum Gasteiger partial charge on any atom is -0.378 e. The summed E-state index contributed by atoms with van der Waals surface area (Å²) in [5.74, 6) is 4.93. The van der Waals surface area contributed by atoms with Crippen molar-refractivity contribution >= 4 is 0 Å². The highest BCUT2D eigenvalue weighted by Gasteiger charge is 2.16. The van der Waals surface area contributed by atoms with E-state index in [1.54, 1.807) is 6.92 Å². The van der Waals surface area contributed by atoms with Gasteiger partial charge >= 0.3 is 0 Å². The molecule has 0 aromatic carbocycles. The first-order chi connectivity index (χ1) is 9.76. The fourth-order valence-electron chi connectivity index (χ4n) is 2.84. The molecule has 0 rings (SSSR count). The molecule has 0 saturated heterocycles. The Morgan fingerprint density at radius 3 is 1.71 bits per heavy atom. The van der Waals surface area contributed by atoms with E-state index in [0.717, 1.165) is 30.6 Å². The zero-order valence-electron chi connectivity index (χ0n) is 15.1. The molecule has 0 aliphatic carbocycles. The maximum Gasteiger partial charge on any atom is 0.122 e. The van der Waals surface area contributed by atoms with Gasteiger partial charge in [-0.3, -0.25) is 0 Å². The van der Waals surface area contributed by atoms with Gasteiger partial charge in [0.15, 0.2) is 0 Å². The topological polar surface area (TPSA) is 20.2 Å². The van der Waals surface area contributed by atoms with Gasteiger partial charge in [-0.2, -0.15) is 0 Å². The third-order valence-corrected chi connectivity index (χ3v) is 4.54. The number of terminal acetylenes is 1. The SMILES string of the molecule is C#C[C@](C)(O)CCCC(C)CCCC(C)CCCC(C)C. The fourth-order valence-corrected chi connectivity index (χ4v) is 2.84. The highest BCUT2D eigenvalue weighted by molar-refractivity contribution is 5.03. The van der Waals surface area contributed by atoms with Crippen LogP contribution in [0, 0.1) is 30.1 Å². The molecule has 0 aromatic heterocycles. The second kappa shape index (κ2) is 11.1. The molecular weight excluding hydrogens is 256 g/mol. The van der Waals surface area contributed by atoms with E-state index in [1.165, 1.54) is 44.9 Å². The van der Waals surface area contributed by atoms with Gasteiger partial charge in [0.1, 0.15) is 5.60 Å². The van der Waals surface area contributed by atoms with Crippen molar-refractivity contribution in [2.75, 3.05) is 0 Å². The van der Waals surface area contributed by atoms with Crippen LogP contribution in [0.1, 0.15) is 92.4 Å². The van der Waals surface area contributed by atoms with E-state index >= 15 is 0 Å². The molecule has 2 unspecified atom stereocenters. The molecule has 0 fully saturated rings. The van der Waals surface area contributed by atoms with E-state index in [9.17, 15) is 5.11 Å². The summed E-state index contributed by atoms with van der Waals surface area (Å²) in [6.45, 7) is 11.1. The minimum absolute atomic E-state index is 0.722. The summed E-state index contributed by atoms with van der Waals surface area (Å²) in [4.78, 5) is 0. The Hall–Kier alpha value is -0.480. The molecule has 124 valence electrons. The van der Waals surface area contributed by atoms with Crippen molar-refractivity contribution in [1.29, 1.82) is 0 Å². The number of rotatable bonds is 12. The second-order valence-electron chi connectivity index (χ2n) is 7.78. The molecule has 0 aliphatic rings. The monoisotopic (exact) mass is 294 g/mol. The lowest BCUT2D eigenvalue weighted by atomic mass is 9.90. The van der Waals surface area contributed by atoms with Crippen LogP contribution in [0.5, 0.6) is 0 Å². The summed E-state index contributed by atoms with van der Waals surface area (Å²) in [7, 11) is 0. The average molecular weight is 295 g/mol. The predicted molar refractivity (Wildman–Crippen MR) is 94.2 cm³/mol. The van der Waals surface area contributed by atoms with Crippen molar-refractivity contribution in [3.63, 3.8) is 0 Å². The van der Waals surface area contributed by atoms with Crippen molar-refractivity contribution < 1.29 is 5.11 Å². The van der Waals surface area contributed by atoms with Crippen LogP contribution in [0.3, 0.4) is 0 Å². The van der Waals surface area contributed by atoms with Gasteiger partial charge in [0.05, 0.1) is 0 Å². The van der Waals surface area contributed by atoms with E-state index in [4.69, 9.17) is 6.42 Å². The number of hydrogen-bond donors (Lipinski definition) is 1. The van der Waals surface area contributed by atoms with E-state index in [0.29, 0.717) is 0 Å². The molecule has 0 radical (unpaired) electrons. The Balaban J connectivity index is 3.57. The normalized spacial score (nSPS) is 17.2. The zero-order valence-corrected chi connectivity index (χ0v) is 15.1. The van der Waals surface area contributed by atoms with Crippen molar-refractivity contribution in [2.24, 2.45) is 17.8 Å². The van der Waals surface area contributed by atoms with Crippen molar-refractivity contribution in [2.45, 2.75) is 98.0 Å². The maximum absolute atomic E-state index is 9.77. The highest BCUT2D eigenvalue weighted by Crippen LogP contribution is 2.22. The van der Waals surface area contributed by atoms with E-state index in [-0.39, 0.29) is 0 Å². The molecule has 21 heavy (non-hydrogen) atoms. The average Bonchev–Trinajstić information content (AvgIpc) is 2.38. The van der Waals surface area contributed by atoms with Gasteiger partial charge in [-0.25, -0.2) is 0 Å².